The molecule has 0 atom stereocenters. The van der Waals surface area contributed by atoms with Gasteiger partial charge >= 0.3 is 0 Å². The maximum atomic E-state index is 11.7. The van der Waals surface area contributed by atoms with Gasteiger partial charge in [-0.25, -0.2) is 0 Å². The van der Waals surface area contributed by atoms with Crippen molar-refractivity contribution < 1.29 is 19.1 Å². The molecule has 16 heavy (non-hydrogen) atoms. The molecule has 0 radical (unpaired) electrons. The summed E-state index contributed by atoms with van der Waals surface area (Å²) in [6.45, 7) is 0. The molecule has 1 aromatic heterocycles. The fraction of sp³-hybridized carbons (Fsp3) is 0. The summed E-state index contributed by atoms with van der Waals surface area (Å²) in [6.07, 6.45) is 1.33. The lowest BCUT2D eigenvalue weighted by atomic mass is 10.1. The van der Waals surface area contributed by atoms with Crippen molar-refractivity contribution in [3.8, 4) is 5.75 Å². The number of benzene rings is 1. The average Bonchev–Trinajstić information content (AvgIpc) is 2.81. The number of aromatic hydroxyl groups is 1. The van der Waals surface area contributed by atoms with Crippen LogP contribution in [0.25, 0.3) is 0 Å². The van der Waals surface area contributed by atoms with Gasteiger partial charge in [0.2, 0.25) is 5.78 Å². The van der Waals surface area contributed by atoms with Crippen molar-refractivity contribution in [2.75, 3.05) is 0 Å². The van der Waals surface area contributed by atoms with Crippen LogP contribution in [0.1, 0.15) is 20.9 Å². The van der Waals surface area contributed by atoms with Gasteiger partial charge < -0.3 is 9.52 Å². The highest BCUT2D eigenvalue weighted by molar-refractivity contribution is 6.48. The summed E-state index contributed by atoms with van der Waals surface area (Å²) in [6, 6.07) is 8.44. The Labute approximate surface area is 91.1 Å². The zero-order valence-electron chi connectivity index (χ0n) is 8.21. The Kier molecular flexibility index (Phi) is 2.55. The number of ketones is 2. The summed E-state index contributed by atoms with van der Waals surface area (Å²) in [7, 11) is 0. The van der Waals surface area contributed by atoms with Crippen LogP contribution >= 0.6 is 0 Å². The fourth-order valence-electron chi connectivity index (χ4n) is 1.26. The second-order valence-corrected chi connectivity index (χ2v) is 3.18. The number of furan rings is 1. The second-order valence-electron chi connectivity index (χ2n) is 3.18. The highest BCUT2D eigenvalue weighted by Gasteiger charge is 2.20. The van der Waals surface area contributed by atoms with E-state index in [1.165, 1.54) is 42.7 Å². The van der Waals surface area contributed by atoms with E-state index in [0.29, 0.717) is 0 Å². The summed E-state index contributed by atoms with van der Waals surface area (Å²) in [5, 5.41) is 9.05. The minimum atomic E-state index is -0.698. The Morgan fingerprint density at radius 3 is 2.25 bits per heavy atom. The number of rotatable bonds is 3. The van der Waals surface area contributed by atoms with Gasteiger partial charge in [-0.1, -0.05) is 0 Å². The lowest BCUT2D eigenvalue weighted by Gasteiger charge is -1.98. The number of phenols is 1. The molecule has 0 saturated carbocycles. The van der Waals surface area contributed by atoms with Crippen LogP contribution < -0.4 is 0 Å². The smallest absolute Gasteiger partial charge is 0.268 e. The molecule has 0 spiro atoms. The number of hydrogen-bond acceptors (Lipinski definition) is 4. The van der Waals surface area contributed by atoms with E-state index in [9.17, 15) is 9.59 Å². The third-order valence-electron chi connectivity index (χ3n) is 2.08. The van der Waals surface area contributed by atoms with E-state index in [2.05, 4.69) is 0 Å². The van der Waals surface area contributed by atoms with Gasteiger partial charge in [0.15, 0.2) is 5.76 Å². The van der Waals surface area contributed by atoms with E-state index < -0.39 is 11.6 Å². The Morgan fingerprint density at radius 2 is 1.69 bits per heavy atom. The molecule has 0 aliphatic carbocycles. The van der Waals surface area contributed by atoms with Crippen molar-refractivity contribution in [1.82, 2.24) is 0 Å². The summed E-state index contributed by atoms with van der Waals surface area (Å²) >= 11 is 0. The van der Waals surface area contributed by atoms with Gasteiger partial charge in [0, 0.05) is 5.56 Å². The van der Waals surface area contributed by atoms with E-state index in [1.54, 1.807) is 0 Å². The molecule has 0 amide bonds. The third-order valence-corrected chi connectivity index (χ3v) is 2.08. The van der Waals surface area contributed by atoms with Crippen LogP contribution in [0.15, 0.2) is 47.1 Å². The number of phenolic OH excluding ortho intramolecular Hbond substituents is 1. The minimum absolute atomic E-state index is 0.0121. The molecule has 4 heteroatoms. The summed E-state index contributed by atoms with van der Waals surface area (Å²) < 4.78 is 4.84. The topological polar surface area (TPSA) is 67.5 Å². The van der Waals surface area contributed by atoms with E-state index in [-0.39, 0.29) is 17.1 Å². The van der Waals surface area contributed by atoms with Crippen LogP contribution in [0, 0.1) is 0 Å². The van der Waals surface area contributed by atoms with Crippen molar-refractivity contribution >= 4 is 11.6 Å². The first-order valence-electron chi connectivity index (χ1n) is 4.60. The van der Waals surface area contributed by atoms with Crippen molar-refractivity contribution in [2.24, 2.45) is 0 Å². The van der Waals surface area contributed by atoms with Crippen LogP contribution in [0.5, 0.6) is 5.75 Å². The molecule has 0 unspecified atom stereocenters. The molecular weight excluding hydrogens is 208 g/mol. The zero-order chi connectivity index (χ0) is 11.5. The first kappa shape index (κ1) is 10.2. The maximum absolute atomic E-state index is 11.7. The van der Waals surface area contributed by atoms with Crippen LogP contribution in [-0.4, -0.2) is 16.7 Å². The second kappa shape index (κ2) is 4.02. The Bertz CT molecular complexity index is 508. The number of carbonyl (C=O) groups excluding carboxylic acids is 2. The first-order chi connectivity index (χ1) is 7.68. The van der Waals surface area contributed by atoms with E-state index in [1.807, 2.05) is 0 Å². The molecule has 2 rings (SSSR count). The Hall–Kier alpha value is -2.36. The zero-order valence-corrected chi connectivity index (χ0v) is 8.21. The summed E-state index contributed by atoms with van der Waals surface area (Å²) in [5.74, 6) is -1.30. The van der Waals surface area contributed by atoms with Gasteiger partial charge in [-0.2, -0.15) is 0 Å². The molecule has 4 nitrogen and oxygen atoms in total. The van der Waals surface area contributed by atoms with Gasteiger partial charge in [0.05, 0.1) is 6.26 Å². The maximum Gasteiger partial charge on any atom is 0.268 e. The van der Waals surface area contributed by atoms with Gasteiger partial charge in [-0.15, -0.1) is 0 Å². The van der Waals surface area contributed by atoms with E-state index in [4.69, 9.17) is 9.52 Å². The Morgan fingerprint density at radius 1 is 1.00 bits per heavy atom. The lowest BCUT2D eigenvalue weighted by Crippen LogP contribution is -2.13. The highest BCUT2D eigenvalue weighted by atomic mass is 16.3. The number of carbonyl (C=O) groups is 2. The Balaban J connectivity index is 2.26. The van der Waals surface area contributed by atoms with Crippen molar-refractivity contribution in [3.05, 3.63) is 54.0 Å². The quantitative estimate of drug-likeness (QED) is 0.629. The van der Waals surface area contributed by atoms with E-state index in [0.717, 1.165) is 0 Å². The highest BCUT2D eigenvalue weighted by Crippen LogP contribution is 2.12. The summed E-state index contributed by atoms with van der Waals surface area (Å²) in [5.41, 5.74) is 0.221. The van der Waals surface area contributed by atoms with Crippen LogP contribution in [0.2, 0.25) is 0 Å². The van der Waals surface area contributed by atoms with E-state index >= 15 is 0 Å². The summed E-state index contributed by atoms with van der Waals surface area (Å²) in [4.78, 5) is 23.2. The third kappa shape index (κ3) is 1.86. The predicted octanol–water partition coefficient (Wildman–Crippen LogP) is 2.05. The standard InChI is InChI=1S/C12H8O4/c13-9-5-3-8(4-6-9)11(14)12(15)10-2-1-7-16-10/h1-7,13H. The largest absolute Gasteiger partial charge is 0.508 e. The molecule has 0 aliphatic rings. The SMILES string of the molecule is O=C(C(=O)c1ccco1)c1ccc(O)cc1. The number of Topliss-reactive ketones (excluding diaryl/α,β-unsaturated/α-hetero) is 2. The molecule has 0 bridgehead atoms. The molecule has 1 heterocycles. The van der Waals surface area contributed by atoms with Crippen LogP contribution in [-0.2, 0) is 0 Å². The van der Waals surface area contributed by atoms with Gasteiger partial charge in [-0.3, -0.25) is 9.59 Å². The van der Waals surface area contributed by atoms with Crippen molar-refractivity contribution in [2.45, 2.75) is 0 Å². The fourth-order valence-corrected chi connectivity index (χ4v) is 1.26. The molecule has 0 aliphatic heterocycles. The average molecular weight is 216 g/mol. The molecule has 1 aromatic carbocycles. The minimum Gasteiger partial charge on any atom is -0.508 e. The van der Waals surface area contributed by atoms with Crippen molar-refractivity contribution in [1.29, 1.82) is 0 Å². The molecule has 1 N–H and O–H groups in total. The lowest BCUT2D eigenvalue weighted by molar-refractivity contribution is 0.0801. The molecule has 80 valence electrons. The van der Waals surface area contributed by atoms with Crippen LogP contribution in [0.3, 0.4) is 0 Å². The van der Waals surface area contributed by atoms with Gasteiger partial charge in [-0.05, 0) is 36.4 Å². The normalized spacial score (nSPS) is 10.0. The number of hydrogen-bond donors (Lipinski definition) is 1. The van der Waals surface area contributed by atoms with Gasteiger partial charge in [0.1, 0.15) is 5.75 Å². The molecule has 0 saturated heterocycles. The molecular formula is C12H8O4. The first-order valence-corrected chi connectivity index (χ1v) is 4.60. The van der Waals surface area contributed by atoms with Crippen molar-refractivity contribution in [3.63, 3.8) is 0 Å². The monoisotopic (exact) mass is 216 g/mol. The predicted molar refractivity (Wildman–Crippen MR) is 55.5 cm³/mol. The molecule has 0 fully saturated rings. The van der Waals surface area contributed by atoms with Crippen LogP contribution in [0.4, 0.5) is 0 Å². The van der Waals surface area contributed by atoms with Gasteiger partial charge in [0.25, 0.3) is 5.78 Å². The molecule has 2 aromatic rings.